The van der Waals surface area contributed by atoms with Gasteiger partial charge in [-0.1, -0.05) is 43.4 Å². The fourth-order valence-corrected chi connectivity index (χ4v) is 6.64. The Morgan fingerprint density at radius 3 is 2.69 bits per heavy atom. The van der Waals surface area contributed by atoms with E-state index in [-0.39, 0.29) is 5.91 Å². The molecule has 1 saturated carbocycles. The Morgan fingerprint density at radius 2 is 1.97 bits per heavy atom. The Bertz CT molecular complexity index is 977. The van der Waals surface area contributed by atoms with Gasteiger partial charge in [-0.2, -0.15) is 4.31 Å². The predicted octanol–water partition coefficient (Wildman–Crippen LogP) is 4.11. The Hall–Kier alpha value is -1.77. The standard InChI is InChI=1S/C21H27N3O3S2/c1-15-6-9-17(10-7-15)29(26,27)24-13-12-18-19(14-24)28-21(22-18)23-20(25)11-8-16-4-2-3-5-16/h6-7,9-10,16H,2-5,8,11-14H2,1H3,(H,22,23,25). The van der Waals surface area contributed by atoms with Crippen molar-refractivity contribution in [3.8, 4) is 0 Å². The number of carbonyl (C=O) groups excluding carboxylic acids is 1. The molecule has 1 N–H and O–H groups in total. The molecule has 0 unspecified atom stereocenters. The highest BCUT2D eigenvalue weighted by atomic mass is 32.2. The van der Waals surface area contributed by atoms with Gasteiger partial charge in [-0.25, -0.2) is 13.4 Å². The average Bonchev–Trinajstić information content (AvgIpc) is 3.35. The van der Waals surface area contributed by atoms with E-state index in [2.05, 4.69) is 10.3 Å². The molecule has 29 heavy (non-hydrogen) atoms. The molecule has 156 valence electrons. The quantitative estimate of drug-likeness (QED) is 0.744. The summed E-state index contributed by atoms with van der Waals surface area (Å²) in [6.45, 7) is 2.65. The lowest BCUT2D eigenvalue weighted by molar-refractivity contribution is -0.116. The highest BCUT2D eigenvalue weighted by Gasteiger charge is 2.30. The minimum Gasteiger partial charge on any atom is -0.302 e. The number of nitrogens with one attached hydrogen (secondary N) is 1. The second-order valence-corrected chi connectivity index (χ2v) is 11.0. The Morgan fingerprint density at radius 1 is 1.24 bits per heavy atom. The monoisotopic (exact) mass is 433 g/mol. The van der Waals surface area contributed by atoms with Crippen LogP contribution in [0.4, 0.5) is 5.13 Å². The molecule has 1 aromatic carbocycles. The molecule has 0 radical (unpaired) electrons. The van der Waals surface area contributed by atoms with Crippen LogP contribution >= 0.6 is 11.3 Å². The molecule has 1 aliphatic carbocycles. The van der Waals surface area contributed by atoms with Crippen LogP contribution in [-0.4, -0.2) is 30.2 Å². The predicted molar refractivity (Wildman–Crippen MR) is 114 cm³/mol. The van der Waals surface area contributed by atoms with Crippen molar-refractivity contribution >= 4 is 32.4 Å². The number of fused-ring (bicyclic) bond motifs is 1. The first-order chi connectivity index (χ1) is 13.9. The minimum absolute atomic E-state index is 0.00660. The highest BCUT2D eigenvalue weighted by molar-refractivity contribution is 7.89. The molecule has 1 aliphatic heterocycles. The van der Waals surface area contributed by atoms with Gasteiger partial charge in [0.15, 0.2) is 5.13 Å². The van der Waals surface area contributed by atoms with Gasteiger partial charge in [0.2, 0.25) is 15.9 Å². The van der Waals surface area contributed by atoms with Crippen molar-refractivity contribution in [2.75, 3.05) is 11.9 Å². The van der Waals surface area contributed by atoms with Gasteiger partial charge in [0.1, 0.15) is 0 Å². The number of nitrogens with zero attached hydrogens (tertiary/aromatic N) is 2. The third kappa shape index (κ3) is 4.70. The first kappa shape index (κ1) is 20.5. The number of thiazole rings is 1. The van der Waals surface area contributed by atoms with Crippen LogP contribution in [0.15, 0.2) is 29.2 Å². The molecule has 1 amide bonds. The summed E-state index contributed by atoms with van der Waals surface area (Å²) in [5.74, 6) is 0.693. The fourth-order valence-electron chi connectivity index (χ4n) is 4.11. The van der Waals surface area contributed by atoms with Crippen LogP contribution in [0, 0.1) is 12.8 Å². The van der Waals surface area contributed by atoms with E-state index in [4.69, 9.17) is 0 Å². The number of rotatable bonds is 6. The number of aryl methyl sites for hydroxylation is 1. The molecule has 4 rings (SSSR count). The highest BCUT2D eigenvalue weighted by Crippen LogP contribution is 2.32. The van der Waals surface area contributed by atoms with E-state index in [1.54, 1.807) is 12.1 Å². The number of benzene rings is 1. The lowest BCUT2D eigenvalue weighted by Gasteiger charge is -2.25. The molecule has 8 heteroatoms. The van der Waals surface area contributed by atoms with Crippen LogP contribution in [0.1, 0.15) is 54.7 Å². The van der Waals surface area contributed by atoms with Crippen molar-refractivity contribution in [1.82, 2.24) is 9.29 Å². The number of hydrogen-bond acceptors (Lipinski definition) is 5. The second-order valence-electron chi connectivity index (χ2n) is 8.03. The van der Waals surface area contributed by atoms with Crippen LogP contribution in [-0.2, 0) is 27.8 Å². The molecule has 2 aromatic rings. The lowest BCUT2D eigenvalue weighted by atomic mass is 10.0. The number of aromatic nitrogens is 1. The normalized spacial score (nSPS) is 18.0. The summed E-state index contributed by atoms with van der Waals surface area (Å²) in [6, 6.07) is 6.94. The maximum Gasteiger partial charge on any atom is 0.243 e. The molecule has 1 aromatic heterocycles. The third-order valence-electron chi connectivity index (χ3n) is 5.86. The molecule has 0 saturated heterocycles. The Labute approximate surface area is 176 Å². The van der Waals surface area contributed by atoms with Gasteiger partial charge in [-0.05, 0) is 31.4 Å². The van der Waals surface area contributed by atoms with Crippen molar-refractivity contribution in [2.45, 2.75) is 63.3 Å². The molecule has 0 atom stereocenters. The number of carbonyl (C=O) groups is 1. The first-order valence-electron chi connectivity index (χ1n) is 10.3. The summed E-state index contributed by atoms with van der Waals surface area (Å²) in [5.41, 5.74) is 1.93. The number of hydrogen-bond donors (Lipinski definition) is 1. The maximum atomic E-state index is 12.9. The molecular weight excluding hydrogens is 406 g/mol. The van der Waals surface area contributed by atoms with Crippen LogP contribution in [0.5, 0.6) is 0 Å². The van der Waals surface area contributed by atoms with E-state index in [1.807, 2.05) is 19.1 Å². The van der Waals surface area contributed by atoms with Crippen molar-refractivity contribution < 1.29 is 13.2 Å². The molecule has 0 bridgehead atoms. The van der Waals surface area contributed by atoms with Crippen LogP contribution in [0.2, 0.25) is 0 Å². The van der Waals surface area contributed by atoms with Crippen molar-refractivity contribution in [2.24, 2.45) is 5.92 Å². The third-order valence-corrected chi connectivity index (χ3v) is 8.71. The molecule has 0 spiro atoms. The summed E-state index contributed by atoms with van der Waals surface area (Å²) in [4.78, 5) is 18.0. The van der Waals surface area contributed by atoms with Gasteiger partial charge in [-0.15, -0.1) is 11.3 Å². The smallest absolute Gasteiger partial charge is 0.243 e. The number of amides is 1. The van der Waals surface area contributed by atoms with Crippen LogP contribution < -0.4 is 5.32 Å². The fraction of sp³-hybridized carbons (Fsp3) is 0.524. The molecule has 2 heterocycles. The van der Waals surface area contributed by atoms with Crippen molar-refractivity contribution in [1.29, 1.82) is 0 Å². The van der Waals surface area contributed by atoms with Gasteiger partial charge >= 0.3 is 0 Å². The lowest BCUT2D eigenvalue weighted by Crippen LogP contribution is -2.35. The second kappa shape index (κ2) is 8.53. The van der Waals surface area contributed by atoms with E-state index in [1.165, 1.54) is 41.3 Å². The maximum absolute atomic E-state index is 12.9. The van der Waals surface area contributed by atoms with E-state index in [0.717, 1.165) is 22.6 Å². The SMILES string of the molecule is Cc1ccc(S(=O)(=O)N2CCc3nc(NC(=O)CCC4CCCC4)sc3C2)cc1. The van der Waals surface area contributed by atoms with Crippen LogP contribution in [0.25, 0.3) is 0 Å². The summed E-state index contributed by atoms with van der Waals surface area (Å²) >= 11 is 1.39. The summed E-state index contributed by atoms with van der Waals surface area (Å²) in [5, 5.41) is 3.50. The van der Waals surface area contributed by atoms with Crippen molar-refractivity contribution in [3.63, 3.8) is 0 Å². The van der Waals surface area contributed by atoms with E-state index < -0.39 is 10.0 Å². The van der Waals surface area contributed by atoms with Crippen LogP contribution in [0.3, 0.4) is 0 Å². The van der Waals surface area contributed by atoms with Gasteiger partial charge in [0, 0.05) is 24.3 Å². The molecular formula is C21H27N3O3S2. The molecule has 6 nitrogen and oxygen atoms in total. The number of sulfonamides is 1. The van der Waals surface area contributed by atoms with Gasteiger partial charge in [0.05, 0.1) is 17.1 Å². The Kier molecular flexibility index (Phi) is 6.03. The summed E-state index contributed by atoms with van der Waals surface area (Å²) in [7, 11) is -3.53. The van der Waals surface area contributed by atoms with Gasteiger partial charge < -0.3 is 5.32 Å². The first-order valence-corrected chi connectivity index (χ1v) is 12.5. The zero-order valence-electron chi connectivity index (χ0n) is 16.7. The summed E-state index contributed by atoms with van der Waals surface area (Å²) < 4.78 is 27.4. The van der Waals surface area contributed by atoms with Gasteiger partial charge in [0.25, 0.3) is 0 Å². The van der Waals surface area contributed by atoms with Crippen molar-refractivity contribution in [3.05, 3.63) is 40.4 Å². The van der Waals surface area contributed by atoms with Gasteiger partial charge in [-0.3, -0.25) is 4.79 Å². The average molecular weight is 434 g/mol. The minimum atomic E-state index is -3.53. The topological polar surface area (TPSA) is 79.4 Å². The Balaban J connectivity index is 1.39. The van der Waals surface area contributed by atoms with E-state index in [0.29, 0.717) is 41.9 Å². The van der Waals surface area contributed by atoms with E-state index in [9.17, 15) is 13.2 Å². The molecule has 1 fully saturated rings. The van der Waals surface area contributed by atoms with E-state index >= 15 is 0 Å². The molecule has 2 aliphatic rings. The summed E-state index contributed by atoms with van der Waals surface area (Å²) in [6.07, 6.45) is 7.09. The number of anilines is 1. The largest absolute Gasteiger partial charge is 0.302 e. The zero-order chi connectivity index (χ0) is 20.4. The zero-order valence-corrected chi connectivity index (χ0v) is 18.3.